The van der Waals surface area contributed by atoms with E-state index in [2.05, 4.69) is 11.9 Å². The number of carbonyl (C=O) groups excluding carboxylic acids is 1. The number of carbonyl (C=O) groups is 1. The van der Waals surface area contributed by atoms with Gasteiger partial charge in [0.1, 0.15) is 0 Å². The van der Waals surface area contributed by atoms with Crippen LogP contribution in [0.15, 0.2) is 24.5 Å². The summed E-state index contributed by atoms with van der Waals surface area (Å²) in [7, 11) is 0. The molecule has 1 amide bonds. The average Bonchev–Trinajstić information content (AvgIpc) is 2.39. The Bertz CT molecular complexity index is 393. The predicted molar refractivity (Wildman–Crippen MR) is 66.6 cm³/mol. The molecule has 1 aromatic rings. The maximum atomic E-state index is 12.4. The molecular formula is C13H19N3O. The Morgan fingerprint density at radius 2 is 2.41 bits per heavy atom. The van der Waals surface area contributed by atoms with Crippen molar-refractivity contribution in [3.8, 4) is 0 Å². The Morgan fingerprint density at radius 3 is 3.06 bits per heavy atom. The summed E-state index contributed by atoms with van der Waals surface area (Å²) in [5.41, 5.74) is 6.28. The van der Waals surface area contributed by atoms with Crippen molar-refractivity contribution in [3.63, 3.8) is 0 Å². The number of likely N-dealkylation sites (tertiary alicyclic amines) is 1. The summed E-state index contributed by atoms with van der Waals surface area (Å²) < 4.78 is 0. The smallest absolute Gasteiger partial charge is 0.255 e. The van der Waals surface area contributed by atoms with E-state index in [1.165, 1.54) is 0 Å². The molecule has 0 radical (unpaired) electrons. The zero-order valence-electron chi connectivity index (χ0n) is 10.2. The summed E-state index contributed by atoms with van der Waals surface area (Å²) >= 11 is 0. The lowest BCUT2D eigenvalue weighted by Gasteiger charge is -2.44. The Kier molecular flexibility index (Phi) is 3.43. The first-order chi connectivity index (χ1) is 8.17. The number of amides is 1. The van der Waals surface area contributed by atoms with E-state index < -0.39 is 0 Å². The van der Waals surface area contributed by atoms with Crippen LogP contribution in [-0.4, -0.2) is 34.4 Å². The van der Waals surface area contributed by atoms with Crippen LogP contribution < -0.4 is 5.73 Å². The molecule has 92 valence electrons. The standard InChI is InChI=1S/C13H19N3O/c1-13(10-14)6-2-3-8-16(13)12(17)11-5-4-7-15-9-11/h4-5,7,9H,2-3,6,8,10,14H2,1H3. The second-order valence-electron chi connectivity index (χ2n) is 4.86. The Morgan fingerprint density at radius 1 is 1.59 bits per heavy atom. The van der Waals surface area contributed by atoms with Crippen molar-refractivity contribution >= 4 is 5.91 Å². The van der Waals surface area contributed by atoms with Crippen LogP contribution in [0.2, 0.25) is 0 Å². The van der Waals surface area contributed by atoms with Crippen LogP contribution >= 0.6 is 0 Å². The maximum absolute atomic E-state index is 12.4. The average molecular weight is 233 g/mol. The zero-order valence-corrected chi connectivity index (χ0v) is 10.2. The monoisotopic (exact) mass is 233 g/mol. The highest BCUT2D eigenvalue weighted by molar-refractivity contribution is 5.94. The van der Waals surface area contributed by atoms with Gasteiger partial charge in [-0.05, 0) is 38.3 Å². The van der Waals surface area contributed by atoms with Gasteiger partial charge in [-0.2, -0.15) is 0 Å². The van der Waals surface area contributed by atoms with E-state index in [1.54, 1.807) is 24.5 Å². The van der Waals surface area contributed by atoms with E-state index in [0.717, 1.165) is 25.8 Å². The van der Waals surface area contributed by atoms with Gasteiger partial charge in [0.25, 0.3) is 5.91 Å². The zero-order chi connectivity index (χ0) is 12.3. The van der Waals surface area contributed by atoms with Crippen LogP contribution in [0.3, 0.4) is 0 Å². The number of pyridine rings is 1. The van der Waals surface area contributed by atoms with Crippen molar-refractivity contribution in [1.29, 1.82) is 0 Å². The fourth-order valence-corrected chi connectivity index (χ4v) is 2.38. The number of nitrogens with zero attached hydrogens (tertiary/aromatic N) is 2. The molecule has 2 rings (SSSR count). The van der Waals surface area contributed by atoms with Gasteiger partial charge in [0.2, 0.25) is 0 Å². The van der Waals surface area contributed by atoms with Gasteiger partial charge < -0.3 is 10.6 Å². The quantitative estimate of drug-likeness (QED) is 0.840. The fraction of sp³-hybridized carbons (Fsp3) is 0.538. The molecule has 0 bridgehead atoms. The molecule has 4 heteroatoms. The number of nitrogens with two attached hydrogens (primary N) is 1. The molecule has 2 heterocycles. The first kappa shape index (κ1) is 12.0. The minimum atomic E-state index is -0.203. The third-order valence-corrected chi connectivity index (χ3v) is 3.59. The number of hydrogen-bond acceptors (Lipinski definition) is 3. The SMILES string of the molecule is CC1(CN)CCCCN1C(=O)c1cccnc1. The number of aromatic nitrogens is 1. The number of piperidine rings is 1. The second kappa shape index (κ2) is 4.84. The molecule has 1 aliphatic rings. The normalized spacial score (nSPS) is 24.7. The van der Waals surface area contributed by atoms with Gasteiger partial charge in [-0.25, -0.2) is 0 Å². The molecule has 1 saturated heterocycles. The first-order valence-electron chi connectivity index (χ1n) is 6.09. The van der Waals surface area contributed by atoms with E-state index in [-0.39, 0.29) is 11.4 Å². The highest BCUT2D eigenvalue weighted by Gasteiger charge is 2.36. The van der Waals surface area contributed by atoms with Gasteiger partial charge in [0, 0.05) is 25.5 Å². The van der Waals surface area contributed by atoms with Crippen molar-refractivity contribution in [2.75, 3.05) is 13.1 Å². The minimum absolute atomic E-state index is 0.0470. The summed E-state index contributed by atoms with van der Waals surface area (Å²) in [5, 5.41) is 0. The van der Waals surface area contributed by atoms with Crippen molar-refractivity contribution in [3.05, 3.63) is 30.1 Å². The molecule has 17 heavy (non-hydrogen) atoms. The lowest BCUT2D eigenvalue weighted by Crippen LogP contribution is -2.56. The van der Waals surface area contributed by atoms with Gasteiger partial charge in [0.15, 0.2) is 0 Å². The highest BCUT2D eigenvalue weighted by atomic mass is 16.2. The fourth-order valence-electron chi connectivity index (χ4n) is 2.38. The molecule has 1 aromatic heterocycles. The molecule has 0 aromatic carbocycles. The Hall–Kier alpha value is -1.42. The van der Waals surface area contributed by atoms with E-state index in [1.807, 2.05) is 4.90 Å². The van der Waals surface area contributed by atoms with Crippen molar-refractivity contribution < 1.29 is 4.79 Å². The Balaban J connectivity index is 2.23. The van der Waals surface area contributed by atoms with Crippen LogP contribution in [0.5, 0.6) is 0 Å². The number of rotatable bonds is 2. The molecule has 4 nitrogen and oxygen atoms in total. The molecule has 1 fully saturated rings. The van der Waals surface area contributed by atoms with E-state index in [0.29, 0.717) is 12.1 Å². The third-order valence-electron chi connectivity index (χ3n) is 3.59. The van der Waals surface area contributed by atoms with Crippen LogP contribution in [0.25, 0.3) is 0 Å². The lowest BCUT2D eigenvalue weighted by molar-refractivity contribution is 0.0402. The van der Waals surface area contributed by atoms with Gasteiger partial charge in [-0.1, -0.05) is 0 Å². The van der Waals surface area contributed by atoms with Crippen LogP contribution in [0.4, 0.5) is 0 Å². The summed E-state index contributed by atoms with van der Waals surface area (Å²) in [6, 6.07) is 3.60. The summed E-state index contributed by atoms with van der Waals surface area (Å²) in [6.45, 7) is 3.38. The number of hydrogen-bond donors (Lipinski definition) is 1. The van der Waals surface area contributed by atoms with Gasteiger partial charge in [-0.15, -0.1) is 0 Å². The topological polar surface area (TPSA) is 59.2 Å². The van der Waals surface area contributed by atoms with E-state index in [4.69, 9.17) is 5.73 Å². The molecule has 2 N–H and O–H groups in total. The van der Waals surface area contributed by atoms with Gasteiger partial charge >= 0.3 is 0 Å². The molecule has 0 saturated carbocycles. The van der Waals surface area contributed by atoms with Crippen molar-refractivity contribution in [1.82, 2.24) is 9.88 Å². The predicted octanol–water partition coefficient (Wildman–Crippen LogP) is 1.43. The van der Waals surface area contributed by atoms with Gasteiger partial charge in [-0.3, -0.25) is 9.78 Å². The third kappa shape index (κ3) is 2.31. The minimum Gasteiger partial charge on any atom is -0.332 e. The largest absolute Gasteiger partial charge is 0.332 e. The summed E-state index contributed by atoms with van der Waals surface area (Å²) in [4.78, 5) is 18.3. The van der Waals surface area contributed by atoms with Crippen molar-refractivity contribution in [2.45, 2.75) is 31.7 Å². The highest BCUT2D eigenvalue weighted by Crippen LogP contribution is 2.28. The van der Waals surface area contributed by atoms with Crippen LogP contribution in [-0.2, 0) is 0 Å². The second-order valence-corrected chi connectivity index (χ2v) is 4.86. The first-order valence-corrected chi connectivity index (χ1v) is 6.09. The molecule has 1 unspecified atom stereocenters. The van der Waals surface area contributed by atoms with Crippen LogP contribution in [0, 0.1) is 0 Å². The molecular weight excluding hydrogens is 214 g/mol. The molecule has 1 atom stereocenters. The molecule has 1 aliphatic heterocycles. The maximum Gasteiger partial charge on any atom is 0.255 e. The molecule has 0 aliphatic carbocycles. The van der Waals surface area contributed by atoms with Crippen molar-refractivity contribution in [2.24, 2.45) is 5.73 Å². The van der Waals surface area contributed by atoms with Crippen LogP contribution in [0.1, 0.15) is 36.5 Å². The van der Waals surface area contributed by atoms with E-state index in [9.17, 15) is 4.79 Å². The summed E-state index contributed by atoms with van der Waals surface area (Å²) in [6.07, 6.45) is 6.48. The Labute approximate surface area is 102 Å². The molecule has 0 spiro atoms. The lowest BCUT2D eigenvalue weighted by atomic mass is 9.88. The summed E-state index contributed by atoms with van der Waals surface area (Å²) in [5.74, 6) is 0.0470. The van der Waals surface area contributed by atoms with E-state index >= 15 is 0 Å². The van der Waals surface area contributed by atoms with Gasteiger partial charge in [0.05, 0.1) is 11.1 Å².